The summed E-state index contributed by atoms with van der Waals surface area (Å²) in [7, 11) is 0. The van der Waals surface area contributed by atoms with Crippen molar-refractivity contribution in [1.29, 1.82) is 0 Å². The van der Waals surface area contributed by atoms with Gasteiger partial charge < -0.3 is 19.7 Å². The molecule has 25 heavy (non-hydrogen) atoms. The van der Waals surface area contributed by atoms with Crippen LogP contribution >= 0.6 is 0 Å². The molecule has 0 unspecified atom stereocenters. The molecule has 3 rings (SSSR count). The maximum atomic E-state index is 12.8. The van der Waals surface area contributed by atoms with E-state index >= 15 is 0 Å². The first-order valence-corrected chi connectivity index (χ1v) is 7.81. The van der Waals surface area contributed by atoms with Crippen molar-refractivity contribution in [3.05, 3.63) is 54.3 Å². The van der Waals surface area contributed by atoms with E-state index in [-0.39, 0.29) is 37.4 Å². The van der Waals surface area contributed by atoms with Gasteiger partial charge in [-0.3, -0.25) is 9.59 Å². The van der Waals surface area contributed by atoms with Crippen LogP contribution in [0.4, 0.5) is 10.1 Å². The van der Waals surface area contributed by atoms with E-state index in [2.05, 4.69) is 5.32 Å². The molecule has 0 bridgehead atoms. The number of halogens is 1. The fourth-order valence-electron chi connectivity index (χ4n) is 2.44. The predicted octanol–water partition coefficient (Wildman–Crippen LogP) is 1.75. The molecule has 0 aromatic heterocycles. The molecular weight excluding hydrogens is 327 g/mol. The summed E-state index contributed by atoms with van der Waals surface area (Å²) in [6.45, 7) is 0.422. The van der Waals surface area contributed by atoms with Gasteiger partial charge in [0.1, 0.15) is 17.3 Å². The van der Waals surface area contributed by atoms with Gasteiger partial charge in [-0.1, -0.05) is 12.1 Å². The highest BCUT2D eigenvalue weighted by Crippen LogP contribution is 2.30. The number of fused-ring (bicyclic) bond motifs is 1. The van der Waals surface area contributed by atoms with Crippen LogP contribution in [-0.2, 0) is 9.59 Å². The third-order valence-corrected chi connectivity index (χ3v) is 3.65. The third kappa shape index (κ3) is 4.26. The first-order chi connectivity index (χ1) is 12.1. The van der Waals surface area contributed by atoms with Crippen molar-refractivity contribution in [2.45, 2.75) is 0 Å². The Morgan fingerprint density at radius 1 is 1.20 bits per heavy atom. The zero-order valence-electron chi connectivity index (χ0n) is 13.4. The Bertz CT molecular complexity index is 764. The van der Waals surface area contributed by atoms with Gasteiger partial charge in [0.2, 0.25) is 0 Å². The summed E-state index contributed by atoms with van der Waals surface area (Å²) in [4.78, 5) is 25.4. The van der Waals surface area contributed by atoms with Crippen molar-refractivity contribution < 1.29 is 23.5 Å². The van der Waals surface area contributed by atoms with Crippen molar-refractivity contribution in [3.63, 3.8) is 0 Å². The first kappa shape index (κ1) is 16.8. The number of amides is 2. The van der Waals surface area contributed by atoms with Gasteiger partial charge >= 0.3 is 0 Å². The van der Waals surface area contributed by atoms with Crippen molar-refractivity contribution in [3.8, 4) is 11.5 Å². The molecule has 0 aliphatic carbocycles. The number of nitrogens with one attached hydrogen (secondary N) is 1. The minimum atomic E-state index is -0.368. The zero-order valence-corrected chi connectivity index (χ0v) is 13.4. The summed E-state index contributed by atoms with van der Waals surface area (Å²) < 4.78 is 23.4. The summed E-state index contributed by atoms with van der Waals surface area (Å²) in [5, 5.41) is 2.69. The minimum Gasteiger partial charge on any atom is -0.484 e. The fraction of sp³-hybridized carbons (Fsp3) is 0.222. The minimum absolute atomic E-state index is 0.0152. The van der Waals surface area contributed by atoms with Crippen molar-refractivity contribution >= 4 is 17.5 Å². The quantitative estimate of drug-likeness (QED) is 0.867. The molecule has 7 heteroatoms. The number of nitrogens with zero attached hydrogens (tertiary/aromatic N) is 1. The molecule has 2 aromatic rings. The number of benzene rings is 2. The predicted molar refractivity (Wildman–Crippen MR) is 89.2 cm³/mol. The van der Waals surface area contributed by atoms with Crippen LogP contribution in [0.15, 0.2) is 48.5 Å². The van der Waals surface area contributed by atoms with E-state index in [1.54, 1.807) is 17.0 Å². The molecule has 0 radical (unpaired) electrons. The Morgan fingerprint density at radius 3 is 2.76 bits per heavy atom. The van der Waals surface area contributed by atoms with Crippen LogP contribution in [0.2, 0.25) is 0 Å². The largest absolute Gasteiger partial charge is 0.484 e. The Hall–Kier alpha value is -3.09. The summed E-state index contributed by atoms with van der Waals surface area (Å²) in [5.74, 6) is 0.211. The lowest BCUT2D eigenvalue weighted by Gasteiger charge is -2.29. The molecular formula is C18H17FN2O4. The average molecular weight is 344 g/mol. The lowest BCUT2D eigenvalue weighted by atomic mass is 10.2. The van der Waals surface area contributed by atoms with E-state index in [1.807, 2.05) is 12.1 Å². The lowest BCUT2D eigenvalue weighted by Crippen LogP contribution is -2.44. The van der Waals surface area contributed by atoms with Crippen LogP contribution in [0.1, 0.15) is 0 Å². The normalized spacial score (nSPS) is 13.0. The van der Waals surface area contributed by atoms with Crippen LogP contribution in [0.5, 0.6) is 11.5 Å². The second-order valence-electron chi connectivity index (χ2n) is 5.39. The number of carbonyl (C=O) groups excluding carboxylic acids is 2. The van der Waals surface area contributed by atoms with Crippen LogP contribution in [0, 0.1) is 5.82 Å². The topological polar surface area (TPSA) is 67.9 Å². The maximum absolute atomic E-state index is 12.8. The molecule has 1 aliphatic heterocycles. The highest BCUT2D eigenvalue weighted by molar-refractivity contribution is 5.97. The molecule has 6 nitrogen and oxygen atoms in total. The van der Waals surface area contributed by atoms with Gasteiger partial charge in [-0.05, 0) is 36.4 Å². The number of anilines is 1. The number of hydrogen-bond acceptors (Lipinski definition) is 4. The number of ether oxygens (including phenoxy) is 2. The smallest absolute Gasteiger partial charge is 0.265 e. The summed E-state index contributed by atoms with van der Waals surface area (Å²) in [6, 6.07) is 12.7. The average Bonchev–Trinajstić information content (AvgIpc) is 2.63. The van der Waals surface area contributed by atoms with E-state index in [0.29, 0.717) is 23.7 Å². The van der Waals surface area contributed by atoms with Gasteiger partial charge in [0, 0.05) is 13.1 Å². The van der Waals surface area contributed by atoms with Crippen LogP contribution in [0.25, 0.3) is 0 Å². The zero-order chi connectivity index (χ0) is 17.6. The molecule has 0 atom stereocenters. The van der Waals surface area contributed by atoms with Crippen molar-refractivity contribution in [2.75, 3.05) is 31.2 Å². The molecule has 2 amide bonds. The number of carbonyl (C=O) groups is 2. The Balaban J connectivity index is 1.47. The van der Waals surface area contributed by atoms with E-state index in [4.69, 9.17) is 9.47 Å². The van der Waals surface area contributed by atoms with Gasteiger partial charge in [-0.25, -0.2) is 4.39 Å². The van der Waals surface area contributed by atoms with E-state index in [9.17, 15) is 14.0 Å². The fourth-order valence-corrected chi connectivity index (χ4v) is 2.44. The molecule has 1 aliphatic rings. The standard InChI is InChI=1S/C18H17FN2O4/c19-13-5-7-14(8-6-13)24-11-17(22)20-9-10-21-15-3-1-2-4-16(15)25-12-18(21)23/h1-8H,9-12H2,(H,20,22). The van der Waals surface area contributed by atoms with E-state index in [1.165, 1.54) is 24.3 Å². The molecule has 2 aromatic carbocycles. The second-order valence-corrected chi connectivity index (χ2v) is 5.39. The first-order valence-electron chi connectivity index (χ1n) is 7.81. The van der Waals surface area contributed by atoms with Gasteiger partial charge in [0.05, 0.1) is 5.69 Å². The maximum Gasteiger partial charge on any atom is 0.265 e. The van der Waals surface area contributed by atoms with E-state index < -0.39 is 0 Å². The SMILES string of the molecule is O=C(COc1ccc(F)cc1)NCCN1C(=O)COc2ccccc21. The molecule has 1 N–H and O–H groups in total. The third-order valence-electron chi connectivity index (χ3n) is 3.65. The summed E-state index contributed by atoms with van der Waals surface area (Å²) >= 11 is 0. The Kier molecular flexibility index (Phi) is 5.13. The second kappa shape index (κ2) is 7.65. The number of hydrogen-bond donors (Lipinski definition) is 1. The van der Waals surface area contributed by atoms with Crippen molar-refractivity contribution in [2.24, 2.45) is 0 Å². The van der Waals surface area contributed by atoms with Gasteiger partial charge in [0.15, 0.2) is 13.2 Å². The van der Waals surface area contributed by atoms with E-state index in [0.717, 1.165) is 0 Å². The van der Waals surface area contributed by atoms with Gasteiger partial charge in [-0.2, -0.15) is 0 Å². The number of para-hydroxylation sites is 2. The van der Waals surface area contributed by atoms with Crippen LogP contribution < -0.4 is 19.7 Å². The molecule has 0 saturated carbocycles. The molecule has 130 valence electrons. The molecule has 0 fully saturated rings. The Labute approximate surface area is 144 Å². The number of rotatable bonds is 6. The summed E-state index contributed by atoms with van der Waals surface area (Å²) in [5.41, 5.74) is 0.690. The van der Waals surface area contributed by atoms with Crippen LogP contribution in [0.3, 0.4) is 0 Å². The molecule has 1 heterocycles. The van der Waals surface area contributed by atoms with Crippen molar-refractivity contribution in [1.82, 2.24) is 5.32 Å². The Morgan fingerprint density at radius 2 is 1.96 bits per heavy atom. The highest BCUT2D eigenvalue weighted by atomic mass is 19.1. The van der Waals surface area contributed by atoms with Crippen LogP contribution in [-0.4, -0.2) is 38.1 Å². The van der Waals surface area contributed by atoms with Gasteiger partial charge in [-0.15, -0.1) is 0 Å². The lowest BCUT2D eigenvalue weighted by molar-refractivity contribution is -0.124. The monoisotopic (exact) mass is 344 g/mol. The van der Waals surface area contributed by atoms with Gasteiger partial charge in [0.25, 0.3) is 11.8 Å². The molecule has 0 saturated heterocycles. The summed E-state index contributed by atoms with van der Waals surface area (Å²) in [6.07, 6.45) is 0. The molecule has 0 spiro atoms. The highest BCUT2D eigenvalue weighted by Gasteiger charge is 2.24.